The number of nitrogens with zero attached hydrogens (tertiary/aromatic N) is 2. The molecule has 1 fully saturated rings. The van der Waals surface area contributed by atoms with Crippen LogP contribution in [0.1, 0.15) is 23.1 Å². The summed E-state index contributed by atoms with van der Waals surface area (Å²) in [7, 11) is -3.75. The van der Waals surface area contributed by atoms with Gasteiger partial charge in [0.05, 0.1) is 16.9 Å². The highest BCUT2D eigenvalue weighted by molar-refractivity contribution is 7.89. The summed E-state index contributed by atoms with van der Waals surface area (Å²) >= 11 is 0. The Bertz CT molecular complexity index is 1260. The third kappa shape index (κ3) is 3.42. The summed E-state index contributed by atoms with van der Waals surface area (Å²) in [6.07, 6.45) is 0.800. The average molecular weight is 451 g/mol. The molecule has 0 N–H and O–H groups in total. The molecule has 0 aromatic heterocycles. The first-order valence-electron chi connectivity index (χ1n) is 10.6. The molecule has 7 heteroatoms. The van der Waals surface area contributed by atoms with E-state index in [9.17, 15) is 17.6 Å². The molecule has 2 aliphatic rings. The molecule has 0 bridgehead atoms. The second-order valence-corrected chi connectivity index (χ2v) is 10.2. The van der Waals surface area contributed by atoms with Crippen LogP contribution in [-0.4, -0.2) is 36.6 Å². The molecule has 3 aromatic carbocycles. The van der Waals surface area contributed by atoms with Crippen molar-refractivity contribution in [2.24, 2.45) is 0 Å². The van der Waals surface area contributed by atoms with E-state index < -0.39 is 15.6 Å². The number of carbonyl (C=O) groups excluding carboxylic acids is 1. The van der Waals surface area contributed by atoms with Gasteiger partial charge in [-0.2, -0.15) is 4.31 Å². The van der Waals surface area contributed by atoms with E-state index in [1.807, 2.05) is 42.5 Å². The van der Waals surface area contributed by atoms with Crippen molar-refractivity contribution in [1.29, 1.82) is 0 Å². The van der Waals surface area contributed by atoms with Crippen LogP contribution >= 0.6 is 0 Å². The van der Waals surface area contributed by atoms with Crippen molar-refractivity contribution in [2.45, 2.75) is 29.8 Å². The van der Waals surface area contributed by atoms with E-state index >= 15 is 0 Å². The van der Waals surface area contributed by atoms with Crippen molar-refractivity contribution in [2.75, 3.05) is 13.1 Å². The van der Waals surface area contributed by atoms with Gasteiger partial charge in [0.15, 0.2) is 0 Å². The molecule has 1 atom stereocenters. The van der Waals surface area contributed by atoms with E-state index in [0.29, 0.717) is 30.0 Å². The molecule has 1 saturated heterocycles. The van der Waals surface area contributed by atoms with E-state index in [1.54, 1.807) is 29.2 Å². The SMILES string of the molecule is O=C(Cc1ccccc1)N1CCC2(C1)c1ccccc1S(=O)(=O)N2Cc1ccc(F)cc1. The van der Waals surface area contributed by atoms with Gasteiger partial charge in [-0.1, -0.05) is 60.7 Å². The predicted octanol–water partition coefficient (Wildman–Crippen LogP) is 3.70. The summed E-state index contributed by atoms with van der Waals surface area (Å²) in [6, 6.07) is 22.5. The minimum Gasteiger partial charge on any atom is -0.340 e. The summed E-state index contributed by atoms with van der Waals surface area (Å²) in [6.45, 7) is 0.906. The van der Waals surface area contributed by atoms with Crippen molar-refractivity contribution in [1.82, 2.24) is 9.21 Å². The van der Waals surface area contributed by atoms with Gasteiger partial charge in [0.2, 0.25) is 15.9 Å². The molecule has 2 heterocycles. The Morgan fingerprint density at radius 2 is 1.59 bits per heavy atom. The number of amides is 1. The fourth-order valence-corrected chi connectivity index (χ4v) is 6.91. The summed E-state index contributed by atoms with van der Waals surface area (Å²) in [4.78, 5) is 15.1. The lowest BCUT2D eigenvalue weighted by Gasteiger charge is -2.34. The monoisotopic (exact) mass is 450 g/mol. The maximum Gasteiger partial charge on any atom is 0.244 e. The second kappa shape index (κ2) is 7.83. The maximum atomic E-state index is 13.5. The van der Waals surface area contributed by atoms with Gasteiger partial charge in [0.1, 0.15) is 5.82 Å². The van der Waals surface area contributed by atoms with Crippen LogP contribution in [0, 0.1) is 5.82 Å². The number of sulfonamides is 1. The van der Waals surface area contributed by atoms with Gasteiger partial charge in [0.25, 0.3) is 0 Å². The Kier molecular flexibility index (Phi) is 5.10. The number of rotatable bonds is 4. The van der Waals surface area contributed by atoms with Crippen LogP contribution in [0.4, 0.5) is 4.39 Å². The van der Waals surface area contributed by atoms with Gasteiger partial charge in [-0.15, -0.1) is 0 Å². The molecule has 1 amide bonds. The van der Waals surface area contributed by atoms with Gasteiger partial charge in [-0.3, -0.25) is 4.79 Å². The first-order valence-corrected chi connectivity index (χ1v) is 12.0. The van der Waals surface area contributed by atoms with E-state index in [-0.39, 0.29) is 24.7 Å². The van der Waals surface area contributed by atoms with Crippen molar-refractivity contribution in [3.8, 4) is 0 Å². The largest absolute Gasteiger partial charge is 0.340 e. The molecule has 1 spiro atoms. The highest BCUT2D eigenvalue weighted by atomic mass is 32.2. The summed E-state index contributed by atoms with van der Waals surface area (Å²) < 4.78 is 42.0. The van der Waals surface area contributed by atoms with Gasteiger partial charge < -0.3 is 4.90 Å². The number of hydrogen-bond acceptors (Lipinski definition) is 3. The maximum absolute atomic E-state index is 13.5. The van der Waals surface area contributed by atoms with E-state index in [1.165, 1.54) is 16.4 Å². The fourth-order valence-electron chi connectivity index (χ4n) is 4.86. The summed E-state index contributed by atoms with van der Waals surface area (Å²) in [5.41, 5.74) is 1.55. The lowest BCUT2D eigenvalue weighted by molar-refractivity contribution is -0.129. The average Bonchev–Trinajstić information content (AvgIpc) is 3.32. The van der Waals surface area contributed by atoms with Crippen LogP contribution in [0.3, 0.4) is 0 Å². The van der Waals surface area contributed by atoms with Gasteiger partial charge in [-0.05, 0) is 41.3 Å². The molecule has 0 aliphatic carbocycles. The standard InChI is InChI=1S/C25H23FN2O3S/c26-21-12-10-20(11-13-21)17-28-25(22-8-4-5-9-23(22)32(28,30)31)14-15-27(18-25)24(29)16-19-6-2-1-3-7-19/h1-13H,14-18H2. The van der Waals surface area contributed by atoms with Crippen LogP contribution in [0.5, 0.6) is 0 Å². The molecule has 3 aromatic rings. The number of benzene rings is 3. The quantitative estimate of drug-likeness (QED) is 0.609. The molecule has 0 radical (unpaired) electrons. The molecule has 164 valence electrons. The molecular formula is C25H23FN2O3S. The number of hydrogen-bond donors (Lipinski definition) is 0. The molecule has 5 nitrogen and oxygen atoms in total. The van der Waals surface area contributed by atoms with E-state index in [2.05, 4.69) is 0 Å². The van der Waals surface area contributed by atoms with E-state index in [4.69, 9.17) is 0 Å². The van der Waals surface area contributed by atoms with Crippen molar-refractivity contribution in [3.05, 3.63) is 101 Å². The van der Waals surface area contributed by atoms with Crippen LogP contribution in [-0.2, 0) is 33.3 Å². The van der Waals surface area contributed by atoms with Crippen LogP contribution in [0.25, 0.3) is 0 Å². The highest BCUT2D eigenvalue weighted by Gasteiger charge is 2.57. The Labute approximate surface area is 187 Å². The van der Waals surface area contributed by atoms with Crippen LogP contribution < -0.4 is 0 Å². The van der Waals surface area contributed by atoms with Gasteiger partial charge >= 0.3 is 0 Å². The molecule has 5 rings (SSSR count). The van der Waals surface area contributed by atoms with Crippen molar-refractivity contribution >= 4 is 15.9 Å². The van der Waals surface area contributed by atoms with Crippen LogP contribution in [0.15, 0.2) is 83.8 Å². The number of likely N-dealkylation sites (tertiary alicyclic amines) is 1. The Morgan fingerprint density at radius 3 is 2.34 bits per heavy atom. The predicted molar refractivity (Wildman–Crippen MR) is 119 cm³/mol. The molecule has 2 aliphatic heterocycles. The minimum absolute atomic E-state index is 0.0170. The van der Waals surface area contributed by atoms with Crippen LogP contribution in [0.2, 0.25) is 0 Å². The molecule has 32 heavy (non-hydrogen) atoms. The molecule has 1 unspecified atom stereocenters. The minimum atomic E-state index is -3.75. The summed E-state index contributed by atoms with van der Waals surface area (Å²) in [5.74, 6) is -0.383. The zero-order valence-corrected chi connectivity index (χ0v) is 18.3. The number of halogens is 1. The fraction of sp³-hybridized carbons (Fsp3) is 0.240. The first kappa shape index (κ1) is 20.8. The van der Waals surface area contributed by atoms with Gasteiger partial charge in [0, 0.05) is 19.6 Å². The first-order chi connectivity index (χ1) is 15.4. The van der Waals surface area contributed by atoms with Gasteiger partial charge in [-0.25, -0.2) is 12.8 Å². The highest BCUT2D eigenvalue weighted by Crippen LogP contribution is 2.50. The zero-order valence-electron chi connectivity index (χ0n) is 17.4. The third-order valence-electron chi connectivity index (χ3n) is 6.47. The smallest absolute Gasteiger partial charge is 0.244 e. The lowest BCUT2D eigenvalue weighted by atomic mass is 9.88. The lowest BCUT2D eigenvalue weighted by Crippen LogP contribution is -2.46. The molecule has 0 saturated carbocycles. The molecular weight excluding hydrogens is 427 g/mol. The Hall–Kier alpha value is -3.03. The zero-order chi connectivity index (χ0) is 22.3. The normalized spacial score (nSPS) is 21.7. The Balaban J connectivity index is 1.49. The third-order valence-corrected chi connectivity index (χ3v) is 8.44. The summed E-state index contributed by atoms with van der Waals surface area (Å²) in [5, 5.41) is 0. The Morgan fingerprint density at radius 1 is 0.906 bits per heavy atom. The number of fused-ring (bicyclic) bond motifs is 2. The van der Waals surface area contributed by atoms with Crippen molar-refractivity contribution < 1.29 is 17.6 Å². The van der Waals surface area contributed by atoms with Crippen molar-refractivity contribution in [3.63, 3.8) is 0 Å². The van der Waals surface area contributed by atoms with E-state index in [0.717, 1.165) is 11.1 Å². The second-order valence-electron chi connectivity index (χ2n) is 8.39. The number of carbonyl (C=O) groups is 1. The topological polar surface area (TPSA) is 57.7 Å².